The highest BCUT2D eigenvalue weighted by Gasteiger charge is 2.51. The Hall–Kier alpha value is -2.81. The number of hydrogen-bond acceptors (Lipinski definition) is 7. The number of anilines is 2. The summed E-state index contributed by atoms with van der Waals surface area (Å²) in [4.78, 5) is 30.3. The molecule has 1 aliphatic heterocycles. The zero-order chi connectivity index (χ0) is 20.4. The van der Waals surface area contributed by atoms with Crippen LogP contribution in [-0.4, -0.2) is 61.3 Å². The summed E-state index contributed by atoms with van der Waals surface area (Å²) in [5, 5.41) is 2.96. The zero-order valence-corrected chi connectivity index (χ0v) is 16.7. The van der Waals surface area contributed by atoms with E-state index in [1.165, 1.54) is 12.1 Å². The molecule has 1 saturated carbocycles. The van der Waals surface area contributed by atoms with Crippen LogP contribution in [0.15, 0.2) is 24.3 Å². The van der Waals surface area contributed by atoms with Gasteiger partial charge in [-0.05, 0) is 30.5 Å². The first-order chi connectivity index (χ1) is 14.0. The molecule has 9 heteroatoms. The minimum Gasteiger partial charge on any atom is -0.378 e. The molecule has 1 saturated heterocycles. The monoisotopic (exact) mass is 400 g/mol. The van der Waals surface area contributed by atoms with Crippen molar-refractivity contribution in [2.24, 2.45) is 0 Å². The van der Waals surface area contributed by atoms with E-state index < -0.39 is 5.41 Å². The van der Waals surface area contributed by atoms with E-state index in [9.17, 15) is 9.18 Å². The fourth-order valence-corrected chi connectivity index (χ4v) is 3.45. The van der Waals surface area contributed by atoms with Gasteiger partial charge in [-0.2, -0.15) is 15.0 Å². The smallest absolute Gasteiger partial charge is 0.231 e. The molecule has 8 nitrogen and oxygen atoms in total. The number of aromatic nitrogens is 3. The van der Waals surface area contributed by atoms with E-state index in [1.54, 1.807) is 12.1 Å². The highest BCUT2D eigenvalue weighted by molar-refractivity contribution is 5.91. The molecule has 1 N–H and O–H groups in total. The van der Waals surface area contributed by atoms with E-state index in [4.69, 9.17) is 4.74 Å². The maximum Gasteiger partial charge on any atom is 0.231 e. The lowest BCUT2D eigenvalue weighted by Crippen LogP contribution is -2.38. The quantitative estimate of drug-likeness (QED) is 0.782. The highest BCUT2D eigenvalue weighted by atomic mass is 19.1. The second-order valence-electron chi connectivity index (χ2n) is 7.62. The summed E-state index contributed by atoms with van der Waals surface area (Å²) < 4.78 is 18.6. The molecule has 29 heavy (non-hydrogen) atoms. The summed E-state index contributed by atoms with van der Waals surface area (Å²) >= 11 is 0. The van der Waals surface area contributed by atoms with Gasteiger partial charge in [-0.15, -0.1) is 0 Å². The Morgan fingerprint density at radius 1 is 1.17 bits per heavy atom. The van der Waals surface area contributed by atoms with Crippen LogP contribution in [0.2, 0.25) is 0 Å². The van der Waals surface area contributed by atoms with Gasteiger partial charge in [-0.1, -0.05) is 12.1 Å². The number of amides is 1. The van der Waals surface area contributed by atoms with Crippen molar-refractivity contribution in [1.82, 2.24) is 20.3 Å². The summed E-state index contributed by atoms with van der Waals surface area (Å²) in [5.41, 5.74) is 0.271. The average Bonchev–Trinajstić information content (AvgIpc) is 3.55. The number of halogens is 1. The van der Waals surface area contributed by atoms with E-state index in [2.05, 4.69) is 25.2 Å². The molecule has 2 fully saturated rings. The molecule has 2 aliphatic rings. The Bertz CT molecular complexity index is 879. The van der Waals surface area contributed by atoms with Gasteiger partial charge in [0.2, 0.25) is 17.8 Å². The lowest BCUT2D eigenvalue weighted by molar-refractivity contribution is -0.123. The molecule has 154 valence electrons. The summed E-state index contributed by atoms with van der Waals surface area (Å²) in [6, 6.07) is 6.16. The van der Waals surface area contributed by atoms with E-state index in [1.807, 2.05) is 19.0 Å². The van der Waals surface area contributed by atoms with E-state index in [-0.39, 0.29) is 18.3 Å². The van der Waals surface area contributed by atoms with Gasteiger partial charge in [0.1, 0.15) is 5.82 Å². The molecule has 2 heterocycles. The molecule has 1 aromatic carbocycles. The number of morpholine rings is 1. The van der Waals surface area contributed by atoms with Crippen molar-refractivity contribution in [2.45, 2.75) is 24.8 Å². The number of nitrogens with zero attached hydrogens (tertiary/aromatic N) is 5. The first-order valence-electron chi connectivity index (χ1n) is 9.77. The molecular weight excluding hydrogens is 375 g/mol. The van der Waals surface area contributed by atoms with Crippen LogP contribution < -0.4 is 15.1 Å². The summed E-state index contributed by atoms with van der Waals surface area (Å²) in [6.45, 7) is 2.92. The predicted octanol–water partition coefficient (Wildman–Crippen LogP) is 1.26. The van der Waals surface area contributed by atoms with Crippen LogP contribution in [0.25, 0.3) is 0 Å². The Morgan fingerprint density at radius 2 is 1.86 bits per heavy atom. The standard InChI is InChI=1S/C20H25FN6O2/c1-26(2)18-23-16(24-19(25-18)27-9-11-29-12-10-27)13-22-17(28)20(7-8-20)14-3-5-15(21)6-4-14/h3-6H,7-13H2,1-2H3,(H,22,28). The molecule has 1 amide bonds. The summed E-state index contributed by atoms with van der Waals surface area (Å²) in [5.74, 6) is 1.26. The van der Waals surface area contributed by atoms with Crippen molar-refractivity contribution < 1.29 is 13.9 Å². The Kier molecular flexibility index (Phi) is 5.31. The van der Waals surface area contributed by atoms with Crippen LogP contribution in [0.4, 0.5) is 16.3 Å². The van der Waals surface area contributed by atoms with Crippen LogP contribution in [0, 0.1) is 5.82 Å². The van der Waals surface area contributed by atoms with Crippen molar-refractivity contribution in [3.8, 4) is 0 Å². The van der Waals surface area contributed by atoms with Gasteiger partial charge in [0, 0.05) is 27.2 Å². The second kappa shape index (κ2) is 7.90. The minimum atomic E-state index is -0.571. The number of nitrogens with one attached hydrogen (secondary N) is 1. The molecule has 2 aromatic rings. The lowest BCUT2D eigenvalue weighted by atomic mass is 9.95. The van der Waals surface area contributed by atoms with E-state index in [0.717, 1.165) is 31.5 Å². The first-order valence-corrected chi connectivity index (χ1v) is 9.77. The number of carbonyl (C=O) groups is 1. The van der Waals surface area contributed by atoms with Crippen LogP contribution >= 0.6 is 0 Å². The Labute approximate surface area is 169 Å². The third-order valence-electron chi connectivity index (χ3n) is 5.34. The molecule has 4 rings (SSSR count). The maximum atomic E-state index is 13.2. The molecule has 0 radical (unpaired) electrons. The molecule has 1 aromatic heterocycles. The first kappa shape index (κ1) is 19.5. The highest BCUT2D eigenvalue weighted by Crippen LogP contribution is 2.48. The molecule has 0 atom stereocenters. The number of carbonyl (C=O) groups excluding carboxylic acids is 1. The fourth-order valence-electron chi connectivity index (χ4n) is 3.45. The van der Waals surface area contributed by atoms with Gasteiger partial charge in [-0.25, -0.2) is 4.39 Å². The van der Waals surface area contributed by atoms with Crippen molar-refractivity contribution in [3.63, 3.8) is 0 Å². The normalized spacial score (nSPS) is 17.7. The Morgan fingerprint density at radius 3 is 2.48 bits per heavy atom. The molecule has 0 spiro atoms. The predicted molar refractivity (Wildman–Crippen MR) is 106 cm³/mol. The number of ether oxygens (including phenoxy) is 1. The average molecular weight is 400 g/mol. The topological polar surface area (TPSA) is 83.5 Å². The number of rotatable bonds is 6. The second-order valence-corrected chi connectivity index (χ2v) is 7.62. The third-order valence-corrected chi connectivity index (χ3v) is 5.34. The van der Waals surface area contributed by atoms with Crippen LogP contribution in [0.1, 0.15) is 24.2 Å². The zero-order valence-electron chi connectivity index (χ0n) is 16.7. The number of hydrogen-bond donors (Lipinski definition) is 1. The third kappa shape index (κ3) is 4.14. The van der Waals surface area contributed by atoms with Crippen LogP contribution in [-0.2, 0) is 21.5 Å². The van der Waals surface area contributed by atoms with Gasteiger partial charge in [0.15, 0.2) is 5.82 Å². The van der Waals surface area contributed by atoms with Crippen molar-refractivity contribution in [2.75, 3.05) is 50.2 Å². The Balaban J connectivity index is 1.49. The minimum absolute atomic E-state index is 0.0798. The van der Waals surface area contributed by atoms with Crippen LogP contribution in [0.3, 0.4) is 0 Å². The van der Waals surface area contributed by atoms with Gasteiger partial charge in [0.05, 0.1) is 25.2 Å². The van der Waals surface area contributed by atoms with E-state index in [0.29, 0.717) is 30.9 Å². The van der Waals surface area contributed by atoms with Gasteiger partial charge >= 0.3 is 0 Å². The van der Waals surface area contributed by atoms with Gasteiger partial charge in [0.25, 0.3) is 0 Å². The van der Waals surface area contributed by atoms with Crippen molar-refractivity contribution >= 4 is 17.8 Å². The maximum absolute atomic E-state index is 13.2. The number of benzene rings is 1. The van der Waals surface area contributed by atoms with Crippen LogP contribution in [0.5, 0.6) is 0 Å². The summed E-state index contributed by atoms with van der Waals surface area (Å²) in [7, 11) is 3.74. The van der Waals surface area contributed by atoms with Crippen molar-refractivity contribution in [1.29, 1.82) is 0 Å². The van der Waals surface area contributed by atoms with Gasteiger partial charge in [-0.3, -0.25) is 4.79 Å². The largest absolute Gasteiger partial charge is 0.378 e. The molecule has 0 bridgehead atoms. The molecular formula is C20H25FN6O2. The van der Waals surface area contributed by atoms with Gasteiger partial charge < -0.3 is 19.9 Å². The SMILES string of the molecule is CN(C)c1nc(CNC(=O)C2(c3ccc(F)cc3)CC2)nc(N2CCOCC2)n1. The molecule has 0 unspecified atom stereocenters. The van der Waals surface area contributed by atoms with Crippen molar-refractivity contribution in [3.05, 3.63) is 41.5 Å². The fraction of sp³-hybridized carbons (Fsp3) is 0.500. The van der Waals surface area contributed by atoms with E-state index >= 15 is 0 Å². The lowest BCUT2D eigenvalue weighted by Gasteiger charge is -2.27. The summed E-state index contributed by atoms with van der Waals surface area (Å²) in [6.07, 6.45) is 1.51. The molecule has 1 aliphatic carbocycles.